The van der Waals surface area contributed by atoms with Crippen molar-refractivity contribution in [1.29, 1.82) is 0 Å². The minimum atomic E-state index is -0.743. The van der Waals surface area contributed by atoms with Gasteiger partial charge in [0.25, 0.3) is 0 Å². The van der Waals surface area contributed by atoms with Crippen LogP contribution >= 0.6 is 15.9 Å². The Morgan fingerprint density at radius 2 is 2.25 bits per heavy atom. The summed E-state index contributed by atoms with van der Waals surface area (Å²) in [6.45, 7) is 5.22. The molecular weight excluding hydrogens is 325 g/mol. The van der Waals surface area contributed by atoms with Gasteiger partial charge in [-0.1, -0.05) is 22.0 Å². The predicted octanol–water partition coefficient (Wildman–Crippen LogP) is 3.84. The van der Waals surface area contributed by atoms with Gasteiger partial charge in [-0.25, -0.2) is 4.39 Å². The molecule has 1 fully saturated rings. The summed E-state index contributed by atoms with van der Waals surface area (Å²) in [6.07, 6.45) is 1.57. The molecule has 1 aromatic carbocycles. The van der Waals surface area contributed by atoms with Gasteiger partial charge >= 0.3 is 5.97 Å². The van der Waals surface area contributed by atoms with E-state index in [-0.39, 0.29) is 11.9 Å². The molecule has 0 spiro atoms. The first kappa shape index (κ1) is 15.4. The molecule has 0 amide bonds. The monoisotopic (exact) mass is 343 g/mol. The highest BCUT2D eigenvalue weighted by Crippen LogP contribution is 2.36. The summed E-state index contributed by atoms with van der Waals surface area (Å²) in [5, 5.41) is 9.37. The van der Waals surface area contributed by atoms with E-state index in [9.17, 15) is 14.3 Å². The van der Waals surface area contributed by atoms with Crippen LogP contribution in [0, 0.1) is 11.2 Å². The van der Waals surface area contributed by atoms with Gasteiger partial charge in [0, 0.05) is 17.1 Å². The van der Waals surface area contributed by atoms with Crippen molar-refractivity contribution < 1.29 is 14.3 Å². The van der Waals surface area contributed by atoms with E-state index >= 15 is 0 Å². The third kappa shape index (κ3) is 3.04. The highest BCUT2D eigenvalue weighted by Gasteiger charge is 2.39. The fourth-order valence-corrected chi connectivity index (χ4v) is 3.50. The van der Waals surface area contributed by atoms with Crippen molar-refractivity contribution in [2.75, 3.05) is 13.1 Å². The average molecular weight is 344 g/mol. The van der Waals surface area contributed by atoms with E-state index in [4.69, 9.17) is 0 Å². The average Bonchev–Trinajstić information content (AvgIpc) is 2.38. The van der Waals surface area contributed by atoms with Gasteiger partial charge in [0.15, 0.2) is 0 Å². The fraction of sp³-hybridized carbons (Fsp3) is 0.533. The van der Waals surface area contributed by atoms with Crippen molar-refractivity contribution in [1.82, 2.24) is 4.90 Å². The number of carbonyl (C=O) groups is 1. The normalized spacial score (nSPS) is 25.4. The SMILES string of the molecule is CC(c1ccc(F)cc1Br)N1CCCC(C)(C(=O)O)C1. The molecule has 1 heterocycles. The number of carboxylic acids is 1. The first-order valence-electron chi connectivity index (χ1n) is 6.76. The molecule has 2 atom stereocenters. The van der Waals surface area contributed by atoms with E-state index in [1.165, 1.54) is 12.1 Å². The van der Waals surface area contributed by atoms with E-state index in [1.807, 2.05) is 6.92 Å². The van der Waals surface area contributed by atoms with Crippen molar-refractivity contribution in [2.24, 2.45) is 5.41 Å². The van der Waals surface area contributed by atoms with Crippen LogP contribution in [0.4, 0.5) is 4.39 Å². The van der Waals surface area contributed by atoms with E-state index in [2.05, 4.69) is 20.8 Å². The van der Waals surface area contributed by atoms with Crippen molar-refractivity contribution in [3.63, 3.8) is 0 Å². The Morgan fingerprint density at radius 3 is 2.85 bits per heavy atom. The van der Waals surface area contributed by atoms with Crippen LogP contribution in [0.1, 0.15) is 38.3 Å². The number of hydrogen-bond donors (Lipinski definition) is 1. The van der Waals surface area contributed by atoms with Gasteiger partial charge in [-0.15, -0.1) is 0 Å². The number of hydrogen-bond acceptors (Lipinski definition) is 2. The third-order valence-electron chi connectivity index (χ3n) is 4.20. The van der Waals surface area contributed by atoms with Crippen molar-refractivity contribution in [3.8, 4) is 0 Å². The Bertz CT molecular complexity index is 523. The summed E-state index contributed by atoms with van der Waals surface area (Å²) in [7, 11) is 0. The first-order chi connectivity index (χ1) is 9.33. The Kier molecular flexibility index (Phi) is 4.49. The van der Waals surface area contributed by atoms with Gasteiger partial charge in [0.2, 0.25) is 0 Å². The summed E-state index contributed by atoms with van der Waals surface area (Å²) in [6, 6.07) is 4.71. The number of aliphatic carboxylic acids is 1. The molecule has 0 aliphatic carbocycles. The van der Waals surface area contributed by atoms with Gasteiger partial charge in [-0.2, -0.15) is 0 Å². The molecule has 3 nitrogen and oxygen atoms in total. The zero-order valence-electron chi connectivity index (χ0n) is 11.7. The quantitative estimate of drug-likeness (QED) is 0.906. The van der Waals surface area contributed by atoms with E-state index in [1.54, 1.807) is 13.0 Å². The lowest BCUT2D eigenvalue weighted by atomic mass is 9.81. The number of rotatable bonds is 3. The van der Waals surface area contributed by atoms with Crippen molar-refractivity contribution in [2.45, 2.75) is 32.7 Å². The van der Waals surface area contributed by atoms with Crippen LogP contribution in [0.5, 0.6) is 0 Å². The molecule has 110 valence electrons. The van der Waals surface area contributed by atoms with Gasteiger partial charge in [0.1, 0.15) is 5.82 Å². The summed E-state index contributed by atoms with van der Waals surface area (Å²) < 4.78 is 13.9. The first-order valence-corrected chi connectivity index (χ1v) is 7.55. The minimum Gasteiger partial charge on any atom is -0.481 e. The lowest BCUT2D eigenvalue weighted by Gasteiger charge is -2.41. The molecule has 1 N–H and O–H groups in total. The summed E-state index contributed by atoms with van der Waals surface area (Å²) in [5.41, 5.74) is 0.292. The second kappa shape index (κ2) is 5.82. The van der Waals surface area contributed by atoms with Crippen LogP contribution in [0.15, 0.2) is 22.7 Å². The second-order valence-electron chi connectivity index (χ2n) is 5.78. The summed E-state index contributed by atoms with van der Waals surface area (Å²) >= 11 is 3.39. The molecule has 5 heteroatoms. The molecule has 20 heavy (non-hydrogen) atoms. The van der Waals surface area contributed by atoms with Crippen LogP contribution < -0.4 is 0 Å². The summed E-state index contributed by atoms with van der Waals surface area (Å²) in [5.74, 6) is -1.02. The maximum atomic E-state index is 13.2. The Balaban J connectivity index is 2.20. The molecule has 0 saturated carbocycles. The van der Waals surface area contributed by atoms with Crippen molar-refractivity contribution >= 4 is 21.9 Å². The number of likely N-dealkylation sites (tertiary alicyclic amines) is 1. The largest absolute Gasteiger partial charge is 0.481 e. The molecule has 2 unspecified atom stereocenters. The lowest BCUT2D eigenvalue weighted by Crippen LogP contribution is -2.46. The number of benzene rings is 1. The van der Waals surface area contributed by atoms with Gasteiger partial charge in [0.05, 0.1) is 5.41 Å². The molecule has 2 rings (SSSR count). The standard InChI is InChI=1S/C15H19BrFNO2/c1-10(12-5-4-11(17)8-13(12)16)18-7-3-6-15(2,9-18)14(19)20/h4-5,8,10H,3,6-7,9H2,1-2H3,(H,19,20). The van der Waals surface area contributed by atoms with E-state index in [0.717, 1.165) is 23.0 Å². The number of piperidine rings is 1. The van der Waals surface area contributed by atoms with Gasteiger partial charge < -0.3 is 5.11 Å². The van der Waals surface area contributed by atoms with Crippen LogP contribution in [-0.4, -0.2) is 29.1 Å². The van der Waals surface area contributed by atoms with Gasteiger partial charge in [-0.3, -0.25) is 9.69 Å². The van der Waals surface area contributed by atoms with Crippen LogP contribution in [0.2, 0.25) is 0 Å². The maximum absolute atomic E-state index is 13.2. The van der Waals surface area contributed by atoms with E-state index in [0.29, 0.717) is 13.0 Å². The zero-order valence-corrected chi connectivity index (χ0v) is 13.3. The molecule has 1 saturated heterocycles. The fourth-order valence-electron chi connectivity index (χ4n) is 2.82. The molecule has 1 aliphatic rings. The van der Waals surface area contributed by atoms with Crippen molar-refractivity contribution in [3.05, 3.63) is 34.1 Å². The molecule has 0 bridgehead atoms. The molecular formula is C15H19BrFNO2. The maximum Gasteiger partial charge on any atom is 0.310 e. The van der Waals surface area contributed by atoms with Gasteiger partial charge in [-0.05, 0) is 50.9 Å². The number of nitrogens with zero attached hydrogens (tertiary/aromatic N) is 1. The van der Waals surface area contributed by atoms with Crippen LogP contribution in [0.3, 0.4) is 0 Å². The zero-order chi connectivity index (χ0) is 14.9. The van der Waals surface area contributed by atoms with Crippen LogP contribution in [-0.2, 0) is 4.79 Å². The Labute approximate surface area is 126 Å². The highest BCUT2D eigenvalue weighted by atomic mass is 79.9. The molecule has 1 aliphatic heterocycles. The Morgan fingerprint density at radius 1 is 1.55 bits per heavy atom. The number of carboxylic acid groups (broad SMARTS) is 1. The van der Waals surface area contributed by atoms with E-state index < -0.39 is 11.4 Å². The molecule has 0 radical (unpaired) electrons. The highest BCUT2D eigenvalue weighted by molar-refractivity contribution is 9.10. The predicted molar refractivity (Wildman–Crippen MR) is 79.1 cm³/mol. The Hall–Kier alpha value is -0.940. The third-order valence-corrected chi connectivity index (χ3v) is 4.89. The summed E-state index contributed by atoms with van der Waals surface area (Å²) in [4.78, 5) is 13.6. The number of halogens is 2. The lowest BCUT2D eigenvalue weighted by molar-refractivity contribution is -0.151. The van der Waals surface area contributed by atoms with Crippen LogP contribution in [0.25, 0.3) is 0 Å². The molecule has 0 aromatic heterocycles. The minimum absolute atomic E-state index is 0.0592. The smallest absolute Gasteiger partial charge is 0.310 e. The topological polar surface area (TPSA) is 40.5 Å². The molecule has 1 aromatic rings. The second-order valence-corrected chi connectivity index (χ2v) is 6.64.